The summed E-state index contributed by atoms with van der Waals surface area (Å²) in [5.41, 5.74) is 2.03. The largest absolute Gasteiger partial charge is 0.352 e. The summed E-state index contributed by atoms with van der Waals surface area (Å²) in [4.78, 5) is 29.8. The molecule has 1 saturated heterocycles. The van der Waals surface area contributed by atoms with Crippen molar-refractivity contribution in [1.82, 2.24) is 19.9 Å². The van der Waals surface area contributed by atoms with Crippen LogP contribution in [0.15, 0.2) is 49.3 Å². The van der Waals surface area contributed by atoms with E-state index in [9.17, 15) is 9.18 Å². The molecule has 158 valence electrons. The van der Waals surface area contributed by atoms with E-state index >= 15 is 0 Å². The Balaban J connectivity index is 1.47. The number of hydrogen-bond acceptors (Lipinski definition) is 6. The molecule has 31 heavy (non-hydrogen) atoms. The van der Waals surface area contributed by atoms with Crippen molar-refractivity contribution < 1.29 is 9.18 Å². The number of fused-ring (bicyclic) bond motifs is 1. The van der Waals surface area contributed by atoms with E-state index in [0.717, 1.165) is 25.2 Å². The Hall–Kier alpha value is -3.55. The van der Waals surface area contributed by atoms with Crippen LogP contribution in [-0.4, -0.2) is 50.9 Å². The molecule has 8 heteroatoms. The fourth-order valence-electron chi connectivity index (χ4n) is 4.27. The summed E-state index contributed by atoms with van der Waals surface area (Å²) in [6.45, 7) is 7.40. The highest BCUT2D eigenvalue weighted by Gasteiger charge is 2.52. The molecule has 0 radical (unpaired) electrons. The lowest BCUT2D eigenvalue weighted by Gasteiger charge is -2.42. The highest BCUT2D eigenvalue weighted by atomic mass is 19.1. The van der Waals surface area contributed by atoms with Crippen molar-refractivity contribution in [3.63, 3.8) is 0 Å². The average molecular weight is 418 g/mol. The van der Waals surface area contributed by atoms with Gasteiger partial charge in [0.2, 0.25) is 5.91 Å². The molecule has 1 N–H and O–H groups in total. The van der Waals surface area contributed by atoms with Crippen LogP contribution in [0.4, 0.5) is 21.7 Å². The van der Waals surface area contributed by atoms with Gasteiger partial charge in [-0.1, -0.05) is 18.7 Å². The number of carbonyl (C=O) groups excluding carboxylic acids is 1. The number of pyridine rings is 1. The molecule has 2 aliphatic rings. The zero-order valence-electron chi connectivity index (χ0n) is 17.3. The number of hydrogen-bond donors (Lipinski definition) is 1. The molecule has 7 nitrogen and oxygen atoms in total. The molecule has 2 aromatic heterocycles. The number of anilines is 3. The number of amides is 1. The van der Waals surface area contributed by atoms with Crippen LogP contribution in [0.25, 0.3) is 11.0 Å². The van der Waals surface area contributed by atoms with E-state index in [1.54, 1.807) is 25.1 Å². The maximum absolute atomic E-state index is 14.5. The summed E-state index contributed by atoms with van der Waals surface area (Å²) < 4.78 is 14.5. The van der Waals surface area contributed by atoms with Crippen LogP contribution in [0.5, 0.6) is 0 Å². The first-order valence-electron chi connectivity index (χ1n) is 10.3. The van der Waals surface area contributed by atoms with Crippen molar-refractivity contribution in [3.8, 4) is 0 Å². The molecule has 0 bridgehead atoms. The van der Waals surface area contributed by atoms with Gasteiger partial charge in [-0.25, -0.2) is 19.3 Å². The van der Waals surface area contributed by atoms with Crippen molar-refractivity contribution in [2.24, 2.45) is 0 Å². The van der Waals surface area contributed by atoms with Gasteiger partial charge in [0, 0.05) is 19.6 Å². The summed E-state index contributed by atoms with van der Waals surface area (Å²) in [6.07, 6.45) is 4.81. The molecule has 1 aliphatic carbocycles. The number of nitrogens with one attached hydrogen (secondary N) is 1. The van der Waals surface area contributed by atoms with Crippen LogP contribution in [0, 0.1) is 12.7 Å². The average Bonchev–Trinajstić information content (AvgIpc) is 3.55. The molecule has 3 heterocycles. The van der Waals surface area contributed by atoms with Gasteiger partial charge < -0.3 is 15.1 Å². The Bertz CT molecular complexity index is 1190. The van der Waals surface area contributed by atoms with E-state index in [0.29, 0.717) is 41.2 Å². The van der Waals surface area contributed by atoms with Gasteiger partial charge in [0.1, 0.15) is 23.5 Å². The maximum atomic E-state index is 14.5. The lowest BCUT2D eigenvalue weighted by atomic mass is 10.1. The second kappa shape index (κ2) is 7.30. The first-order chi connectivity index (χ1) is 15.0. The molecule has 1 saturated carbocycles. The molecule has 3 aromatic rings. The van der Waals surface area contributed by atoms with Crippen molar-refractivity contribution in [2.75, 3.05) is 29.9 Å². The molecule has 5 rings (SSSR count). The summed E-state index contributed by atoms with van der Waals surface area (Å²) in [6, 6.07) is 9.03. The number of nitrogens with zero attached hydrogens (tertiary/aromatic N) is 5. The monoisotopic (exact) mass is 418 g/mol. The lowest BCUT2D eigenvalue weighted by Crippen LogP contribution is -2.57. The summed E-state index contributed by atoms with van der Waals surface area (Å²) in [5.74, 6) is 0.929. The van der Waals surface area contributed by atoms with Gasteiger partial charge in [0.15, 0.2) is 5.82 Å². The van der Waals surface area contributed by atoms with E-state index in [1.807, 2.05) is 17.0 Å². The van der Waals surface area contributed by atoms with Crippen molar-refractivity contribution >= 4 is 34.3 Å². The van der Waals surface area contributed by atoms with Crippen molar-refractivity contribution in [2.45, 2.75) is 25.3 Å². The summed E-state index contributed by atoms with van der Waals surface area (Å²) in [7, 11) is 0. The summed E-state index contributed by atoms with van der Waals surface area (Å²) in [5, 5.41) is 3.07. The van der Waals surface area contributed by atoms with Gasteiger partial charge in [0.25, 0.3) is 0 Å². The Morgan fingerprint density at radius 2 is 2.06 bits per heavy atom. The van der Waals surface area contributed by atoms with Gasteiger partial charge in [-0.3, -0.25) is 4.79 Å². The highest BCUT2D eigenvalue weighted by Crippen LogP contribution is 2.45. The lowest BCUT2D eigenvalue weighted by molar-refractivity contribution is -0.129. The van der Waals surface area contributed by atoms with Crippen LogP contribution in [-0.2, 0) is 4.79 Å². The van der Waals surface area contributed by atoms with Crippen LogP contribution in [0.3, 0.4) is 0 Å². The third-order valence-corrected chi connectivity index (χ3v) is 6.16. The van der Waals surface area contributed by atoms with Crippen molar-refractivity contribution in [3.05, 3.63) is 60.7 Å². The van der Waals surface area contributed by atoms with Gasteiger partial charge >= 0.3 is 0 Å². The molecule has 0 atom stereocenters. The predicted octanol–water partition coefficient (Wildman–Crippen LogP) is 3.58. The van der Waals surface area contributed by atoms with Crippen molar-refractivity contribution in [1.29, 1.82) is 0 Å². The number of piperazine rings is 1. The summed E-state index contributed by atoms with van der Waals surface area (Å²) >= 11 is 0. The number of benzene rings is 1. The fourth-order valence-corrected chi connectivity index (χ4v) is 4.27. The Morgan fingerprint density at radius 3 is 2.84 bits per heavy atom. The quantitative estimate of drug-likeness (QED) is 0.653. The molecule has 1 amide bonds. The Morgan fingerprint density at radius 1 is 1.23 bits per heavy atom. The topological polar surface area (TPSA) is 74.2 Å². The first kappa shape index (κ1) is 19.4. The van der Waals surface area contributed by atoms with Crippen LogP contribution < -0.4 is 10.2 Å². The molecule has 1 aromatic carbocycles. The Kier molecular flexibility index (Phi) is 4.57. The van der Waals surface area contributed by atoms with Gasteiger partial charge in [-0.05, 0) is 49.6 Å². The predicted molar refractivity (Wildman–Crippen MR) is 118 cm³/mol. The molecular formula is C23H23FN6O. The van der Waals surface area contributed by atoms with Gasteiger partial charge in [0.05, 0.1) is 16.7 Å². The fraction of sp³-hybridized carbons (Fsp3) is 0.304. The first-order valence-corrected chi connectivity index (χ1v) is 10.3. The highest BCUT2D eigenvalue weighted by molar-refractivity contribution is 5.89. The second-order valence-electron chi connectivity index (χ2n) is 8.16. The van der Waals surface area contributed by atoms with E-state index in [2.05, 4.69) is 26.8 Å². The van der Waals surface area contributed by atoms with Gasteiger partial charge in [-0.2, -0.15) is 0 Å². The minimum atomic E-state index is -0.316. The second-order valence-corrected chi connectivity index (χ2v) is 8.16. The van der Waals surface area contributed by atoms with Gasteiger partial charge in [-0.15, -0.1) is 0 Å². The SMILES string of the molecule is C=CC(=O)N1CCN(c2ccc3ncnc(Nc4cccc(C)c4F)c3n2)CC12CC2. The van der Waals surface area contributed by atoms with Crippen LogP contribution >= 0.6 is 0 Å². The molecule has 2 fully saturated rings. The number of rotatable bonds is 4. The van der Waals surface area contributed by atoms with E-state index in [-0.39, 0.29) is 17.3 Å². The minimum Gasteiger partial charge on any atom is -0.352 e. The van der Waals surface area contributed by atoms with E-state index < -0.39 is 0 Å². The third kappa shape index (κ3) is 3.37. The van der Waals surface area contributed by atoms with Crippen LogP contribution in [0.2, 0.25) is 0 Å². The van der Waals surface area contributed by atoms with Crippen LogP contribution in [0.1, 0.15) is 18.4 Å². The number of halogens is 1. The molecule has 1 spiro atoms. The number of aryl methyl sites for hydroxylation is 1. The third-order valence-electron chi connectivity index (χ3n) is 6.16. The number of aromatic nitrogens is 3. The van der Waals surface area contributed by atoms with E-state index in [4.69, 9.17) is 4.98 Å². The zero-order chi connectivity index (χ0) is 21.6. The molecular weight excluding hydrogens is 395 g/mol. The zero-order valence-corrected chi connectivity index (χ0v) is 17.3. The smallest absolute Gasteiger partial charge is 0.246 e. The molecule has 1 aliphatic heterocycles. The standard InChI is InChI=1S/C23H23FN6O/c1-3-19(31)30-12-11-29(13-23(30)9-10-23)18-8-7-17-21(28-18)22(26-14-25-17)27-16-6-4-5-15(2)20(16)24/h3-8,14H,1,9-13H2,2H3,(H,25,26,27). The van der Waals surface area contributed by atoms with E-state index in [1.165, 1.54) is 12.4 Å². The molecule has 0 unspecified atom stereocenters. The maximum Gasteiger partial charge on any atom is 0.246 e. The normalized spacial score (nSPS) is 17.1. The number of carbonyl (C=O) groups is 1. The minimum absolute atomic E-state index is 0.0105. The Labute approximate surface area is 179 Å².